The van der Waals surface area contributed by atoms with Gasteiger partial charge in [-0.3, -0.25) is 0 Å². The Morgan fingerprint density at radius 3 is 2.64 bits per heavy atom. The fourth-order valence-electron chi connectivity index (χ4n) is 2.46. The molecule has 0 fully saturated rings. The minimum absolute atomic E-state index is 0.294. The summed E-state index contributed by atoms with van der Waals surface area (Å²) < 4.78 is 0. The predicted molar refractivity (Wildman–Crippen MR) is 60.4 cm³/mol. The minimum atomic E-state index is 0.294. The molecule has 0 saturated carbocycles. The van der Waals surface area contributed by atoms with Crippen LogP contribution < -0.4 is 5.32 Å². The molecule has 1 aliphatic carbocycles. The topological polar surface area (TPSA) is 24.4 Å². The fourth-order valence-corrected chi connectivity index (χ4v) is 2.46. The first kappa shape index (κ1) is 9.75. The second-order valence-electron chi connectivity index (χ2n) is 5.47. The molecule has 1 N–H and O–H groups in total. The number of amidine groups is 1. The highest BCUT2D eigenvalue weighted by molar-refractivity contribution is 5.82. The SMILES string of the molecule is CC1=NC2=C(CCC2)C(C(C)(C)C)N1. The molecule has 0 aromatic carbocycles. The van der Waals surface area contributed by atoms with Crippen LogP contribution in [0, 0.1) is 5.41 Å². The van der Waals surface area contributed by atoms with Crippen molar-refractivity contribution in [3.05, 3.63) is 11.3 Å². The van der Waals surface area contributed by atoms with E-state index >= 15 is 0 Å². The summed E-state index contributed by atoms with van der Waals surface area (Å²) in [4.78, 5) is 4.59. The second kappa shape index (κ2) is 3.11. The molecule has 78 valence electrons. The van der Waals surface area contributed by atoms with Crippen LogP contribution in [0.5, 0.6) is 0 Å². The molecule has 2 rings (SSSR count). The summed E-state index contributed by atoms with van der Waals surface area (Å²) in [5.74, 6) is 1.09. The lowest BCUT2D eigenvalue weighted by molar-refractivity contribution is 0.323. The molecular formula is C12H20N2. The molecule has 1 aliphatic heterocycles. The predicted octanol–water partition coefficient (Wildman–Crippen LogP) is 2.86. The number of aliphatic imine (C=N–C) groups is 1. The Hall–Kier alpha value is -0.790. The van der Waals surface area contributed by atoms with E-state index in [1.807, 2.05) is 0 Å². The zero-order valence-corrected chi connectivity index (χ0v) is 9.65. The molecular weight excluding hydrogens is 172 g/mol. The quantitative estimate of drug-likeness (QED) is 0.627. The number of rotatable bonds is 0. The minimum Gasteiger partial charge on any atom is -0.367 e. The van der Waals surface area contributed by atoms with Crippen molar-refractivity contribution in [2.75, 3.05) is 0 Å². The number of hydrogen-bond acceptors (Lipinski definition) is 2. The molecule has 0 bridgehead atoms. The molecule has 1 unspecified atom stereocenters. The summed E-state index contributed by atoms with van der Waals surface area (Å²) in [7, 11) is 0. The zero-order chi connectivity index (χ0) is 10.3. The van der Waals surface area contributed by atoms with Gasteiger partial charge < -0.3 is 5.32 Å². The lowest BCUT2D eigenvalue weighted by Crippen LogP contribution is -2.46. The average Bonchev–Trinajstić information content (AvgIpc) is 2.47. The van der Waals surface area contributed by atoms with Crippen molar-refractivity contribution in [1.29, 1.82) is 0 Å². The molecule has 14 heavy (non-hydrogen) atoms. The van der Waals surface area contributed by atoms with Crippen molar-refractivity contribution in [2.45, 2.75) is 53.0 Å². The maximum atomic E-state index is 4.59. The third-order valence-electron chi connectivity index (χ3n) is 3.10. The van der Waals surface area contributed by atoms with Gasteiger partial charge in [-0.25, -0.2) is 4.99 Å². The highest BCUT2D eigenvalue weighted by Gasteiger charge is 2.34. The highest BCUT2D eigenvalue weighted by atomic mass is 15.1. The Morgan fingerprint density at radius 2 is 2.00 bits per heavy atom. The lowest BCUT2D eigenvalue weighted by atomic mass is 9.81. The Kier molecular flexibility index (Phi) is 2.17. The first-order chi connectivity index (χ1) is 6.48. The lowest BCUT2D eigenvalue weighted by Gasteiger charge is -2.36. The number of hydrogen-bond donors (Lipinski definition) is 1. The van der Waals surface area contributed by atoms with Crippen LogP contribution in [0.2, 0.25) is 0 Å². The van der Waals surface area contributed by atoms with Crippen LogP contribution in [0.3, 0.4) is 0 Å². The van der Waals surface area contributed by atoms with Gasteiger partial charge in [0.1, 0.15) is 0 Å². The Labute approximate surface area is 86.5 Å². The number of nitrogens with zero attached hydrogens (tertiary/aromatic N) is 1. The highest BCUT2D eigenvalue weighted by Crippen LogP contribution is 2.37. The van der Waals surface area contributed by atoms with Crippen molar-refractivity contribution >= 4 is 5.84 Å². The molecule has 0 saturated heterocycles. The molecule has 1 atom stereocenters. The van der Waals surface area contributed by atoms with E-state index in [1.54, 1.807) is 5.57 Å². The van der Waals surface area contributed by atoms with E-state index in [2.05, 4.69) is 38.0 Å². The third-order valence-corrected chi connectivity index (χ3v) is 3.10. The summed E-state index contributed by atoms with van der Waals surface area (Å²) in [6, 6.07) is 0.498. The largest absolute Gasteiger partial charge is 0.367 e. The first-order valence-corrected chi connectivity index (χ1v) is 5.52. The van der Waals surface area contributed by atoms with E-state index in [-0.39, 0.29) is 0 Å². The van der Waals surface area contributed by atoms with Gasteiger partial charge in [0.15, 0.2) is 0 Å². The van der Waals surface area contributed by atoms with Crippen molar-refractivity contribution in [3.63, 3.8) is 0 Å². The average molecular weight is 192 g/mol. The van der Waals surface area contributed by atoms with Gasteiger partial charge in [-0.2, -0.15) is 0 Å². The van der Waals surface area contributed by atoms with E-state index in [4.69, 9.17) is 0 Å². The summed E-state index contributed by atoms with van der Waals surface area (Å²) in [6.07, 6.45) is 3.71. The van der Waals surface area contributed by atoms with Gasteiger partial charge in [0.2, 0.25) is 0 Å². The molecule has 2 heteroatoms. The molecule has 2 nitrogen and oxygen atoms in total. The normalized spacial score (nSPS) is 27.1. The third kappa shape index (κ3) is 1.58. The molecule has 1 heterocycles. The van der Waals surface area contributed by atoms with E-state index < -0.39 is 0 Å². The van der Waals surface area contributed by atoms with Crippen LogP contribution in [0.4, 0.5) is 0 Å². The number of allylic oxidation sites excluding steroid dienone is 1. The van der Waals surface area contributed by atoms with Gasteiger partial charge in [-0.15, -0.1) is 0 Å². The van der Waals surface area contributed by atoms with Crippen molar-refractivity contribution < 1.29 is 0 Å². The van der Waals surface area contributed by atoms with Crippen LogP contribution in [0.25, 0.3) is 0 Å². The van der Waals surface area contributed by atoms with Gasteiger partial charge in [-0.05, 0) is 37.2 Å². The molecule has 2 aliphatic rings. The Balaban J connectivity index is 2.34. The second-order valence-corrected chi connectivity index (χ2v) is 5.47. The standard InChI is InChI=1S/C12H20N2/c1-8-13-10-7-5-6-9(10)11(14-8)12(2,3)4/h11H,5-7H2,1-4H3,(H,13,14). The Morgan fingerprint density at radius 1 is 1.29 bits per heavy atom. The van der Waals surface area contributed by atoms with Crippen LogP contribution in [-0.2, 0) is 0 Å². The summed E-state index contributed by atoms with van der Waals surface area (Å²) in [6.45, 7) is 8.96. The van der Waals surface area contributed by atoms with Crippen LogP contribution >= 0.6 is 0 Å². The van der Waals surface area contributed by atoms with E-state index in [0.717, 1.165) is 5.84 Å². The fraction of sp³-hybridized carbons (Fsp3) is 0.750. The van der Waals surface area contributed by atoms with Crippen molar-refractivity contribution in [2.24, 2.45) is 10.4 Å². The van der Waals surface area contributed by atoms with E-state index in [9.17, 15) is 0 Å². The van der Waals surface area contributed by atoms with Crippen molar-refractivity contribution in [1.82, 2.24) is 5.32 Å². The Bertz CT molecular complexity index is 305. The van der Waals surface area contributed by atoms with Gasteiger partial charge >= 0.3 is 0 Å². The molecule has 0 amide bonds. The van der Waals surface area contributed by atoms with E-state index in [1.165, 1.54) is 25.0 Å². The molecule has 0 aromatic heterocycles. The molecule has 0 radical (unpaired) electrons. The molecule has 0 spiro atoms. The van der Waals surface area contributed by atoms with E-state index in [0.29, 0.717) is 11.5 Å². The van der Waals surface area contributed by atoms with Crippen LogP contribution in [0.15, 0.2) is 16.3 Å². The van der Waals surface area contributed by atoms with Gasteiger partial charge in [0.25, 0.3) is 0 Å². The summed E-state index contributed by atoms with van der Waals surface area (Å²) in [5.41, 5.74) is 3.21. The molecule has 0 aromatic rings. The summed E-state index contributed by atoms with van der Waals surface area (Å²) >= 11 is 0. The van der Waals surface area contributed by atoms with Gasteiger partial charge in [0.05, 0.1) is 11.9 Å². The summed E-state index contributed by atoms with van der Waals surface area (Å²) in [5, 5.41) is 3.52. The maximum Gasteiger partial charge on any atom is 0.0991 e. The maximum absolute atomic E-state index is 4.59. The smallest absolute Gasteiger partial charge is 0.0991 e. The monoisotopic (exact) mass is 192 g/mol. The van der Waals surface area contributed by atoms with Gasteiger partial charge in [-0.1, -0.05) is 20.8 Å². The van der Waals surface area contributed by atoms with Crippen LogP contribution in [0.1, 0.15) is 47.0 Å². The van der Waals surface area contributed by atoms with Gasteiger partial charge in [0, 0.05) is 5.70 Å². The number of nitrogens with one attached hydrogen (secondary N) is 1. The van der Waals surface area contributed by atoms with Crippen LogP contribution in [-0.4, -0.2) is 11.9 Å². The first-order valence-electron chi connectivity index (χ1n) is 5.52. The zero-order valence-electron chi connectivity index (χ0n) is 9.65. The van der Waals surface area contributed by atoms with Crippen molar-refractivity contribution in [3.8, 4) is 0 Å².